The van der Waals surface area contributed by atoms with Crippen molar-refractivity contribution in [3.8, 4) is 5.75 Å². The summed E-state index contributed by atoms with van der Waals surface area (Å²) in [5.74, 6) is 1.44. The maximum absolute atomic E-state index is 12.1. The van der Waals surface area contributed by atoms with Crippen molar-refractivity contribution in [3.05, 3.63) is 52.9 Å². The van der Waals surface area contributed by atoms with Crippen molar-refractivity contribution in [2.45, 2.75) is 18.9 Å². The molecule has 24 heavy (non-hydrogen) atoms. The highest BCUT2D eigenvalue weighted by molar-refractivity contribution is 9.10. The molecule has 0 radical (unpaired) electrons. The molecule has 1 aliphatic heterocycles. The average molecular weight is 393 g/mol. The third-order valence-corrected chi connectivity index (χ3v) is 4.66. The molecule has 5 nitrogen and oxygen atoms in total. The van der Waals surface area contributed by atoms with Crippen LogP contribution in [0.15, 0.2) is 51.6 Å². The van der Waals surface area contributed by atoms with Crippen LogP contribution >= 0.6 is 15.9 Å². The number of carbonyl (C=O) groups excluding carboxylic acids is 1. The molecule has 1 aromatic carbocycles. The highest BCUT2D eigenvalue weighted by Gasteiger charge is 2.25. The van der Waals surface area contributed by atoms with Crippen molar-refractivity contribution in [2.75, 3.05) is 26.2 Å². The molecule has 1 N–H and O–H groups in total. The van der Waals surface area contributed by atoms with Crippen LogP contribution in [0.25, 0.3) is 0 Å². The number of nitrogens with one attached hydrogen (secondary N) is 1. The molecular weight excluding hydrogens is 372 g/mol. The summed E-state index contributed by atoms with van der Waals surface area (Å²) in [4.78, 5) is 14.4. The number of amides is 1. The maximum atomic E-state index is 12.1. The molecule has 0 spiro atoms. The minimum absolute atomic E-state index is 0.00646. The van der Waals surface area contributed by atoms with E-state index in [-0.39, 0.29) is 18.6 Å². The first-order chi connectivity index (χ1) is 11.7. The summed E-state index contributed by atoms with van der Waals surface area (Å²) in [5.41, 5.74) is 0. The van der Waals surface area contributed by atoms with Crippen LogP contribution in [-0.2, 0) is 4.79 Å². The van der Waals surface area contributed by atoms with Crippen LogP contribution in [0.1, 0.15) is 24.6 Å². The van der Waals surface area contributed by atoms with Crippen LogP contribution in [0, 0.1) is 0 Å². The van der Waals surface area contributed by atoms with E-state index in [0.29, 0.717) is 12.3 Å². The number of benzene rings is 1. The van der Waals surface area contributed by atoms with Gasteiger partial charge in [0.15, 0.2) is 6.61 Å². The standard InChI is InChI=1S/C18H21BrN2O3/c19-14-5-7-15(8-6-14)24-13-18(22)20-12-16(17-4-3-11-23-17)21-9-1-2-10-21/h3-8,11,16H,1-2,9-10,12-13H2,(H,20,22)/t16-/m1/s1. The Morgan fingerprint density at radius 3 is 2.67 bits per heavy atom. The zero-order valence-electron chi connectivity index (χ0n) is 13.4. The lowest BCUT2D eigenvalue weighted by Gasteiger charge is -2.26. The van der Waals surface area contributed by atoms with Crippen molar-refractivity contribution < 1.29 is 13.9 Å². The summed E-state index contributed by atoms with van der Waals surface area (Å²) >= 11 is 3.37. The van der Waals surface area contributed by atoms with E-state index >= 15 is 0 Å². The molecule has 1 amide bonds. The molecule has 0 unspecified atom stereocenters. The first kappa shape index (κ1) is 17.0. The second kappa shape index (κ2) is 8.35. The number of ether oxygens (including phenoxy) is 1. The molecule has 0 bridgehead atoms. The van der Waals surface area contributed by atoms with Gasteiger partial charge in [-0.2, -0.15) is 0 Å². The minimum Gasteiger partial charge on any atom is -0.484 e. The quantitative estimate of drug-likeness (QED) is 0.784. The van der Waals surface area contributed by atoms with Gasteiger partial charge in [-0.15, -0.1) is 0 Å². The molecule has 6 heteroatoms. The number of hydrogen-bond donors (Lipinski definition) is 1. The van der Waals surface area contributed by atoms with Gasteiger partial charge < -0.3 is 14.5 Å². The van der Waals surface area contributed by atoms with Crippen LogP contribution < -0.4 is 10.1 Å². The molecule has 0 aliphatic carbocycles. The van der Waals surface area contributed by atoms with E-state index in [1.54, 1.807) is 6.26 Å². The fourth-order valence-electron chi connectivity index (χ4n) is 2.89. The van der Waals surface area contributed by atoms with Crippen molar-refractivity contribution in [1.29, 1.82) is 0 Å². The molecule has 2 heterocycles. The normalized spacial score (nSPS) is 16.0. The molecule has 1 aliphatic rings. The molecule has 1 saturated heterocycles. The fraction of sp³-hybridized carbons (Fsp3) is 0.389. The van der Waals surface area contributed by atoms with Gasteiger partial charge in [0.2, 0.25) is 0 Å². The smallest absolute Gasteiger partial charge is 0.258 e. The number of hydrogen-bond acceptors (Lipinski definition) is 4. The van der Waals surface area contributed by atoms with Gasteiger partial charge in [-0.25, -0.2) is 0 Å². The third kappa shape index (κ3) is 4.61. The van der Waals surface area contributed by atoms with E-state index in [1.165, 1.54) is 12.8 Å². The molecule has 1 atom stereocenters. The van der Waals surface area contributed by atoms with Crippen LogP contribution in [-0.4, -0.2) is 37.0 Å². The van der Waals surface area contributed by atoms with Gasteiger partial charge in [0.25, 0.3) is 5.91 Å². The van der Waals surface area contributed by atoms with E-state index in [9.17, 15) is 4.79 Å². The summed E-state index contributed by atoms with van der Waals surface area (Å²) in [6, 6.07) is 11.4. The fourth-order valence-corrected chi connectivity index (χ4v) is 3.15. The van der Waals surface area contributed by atoms with Crippen molar-refractivity contribution >= 4 is 21.8 Å². The predicted molar refractivity (Wildman–Crippen MR) is 94.9 cm³/mol. The first-order valence-corrected chi connectivity index (χ1v) is 8.94. The molecule has 2 aromatic rings. The van der Waals surface area contributed by atoms with Gasteiger partial charge >= 0.3 is 0 Å². The van der Waals surface area contributed by atoms with Gasteiger partial charge in [-0.1, -0.05) is 15.9 Å². The Balaban J connectivity index is 1.50. The number of furan rings is 1. The number of rotatable bonds is 7. The minimum atomic E-state index is -0.131. The summed E-state index contributed by atoms with van der Waals surface area (Å²) in [7, 11) is 0. The Bertz CT molecular complexity index is 637. The lowest BCUT2D eigenvalue weighted by atomic mass is 10.2. The second-order valence-electron chi connectivity index (χ2n) is 5.82. The lowest BCUT2D eigenvalue weighted by molar-refractivity contribution is -0.123. The first-order valence-electron chi connectivity index (χ1n) is 8.15. The van der Waals surface area contributed by atoms with Crippen LogP contribution in [0.4, 0.5) is 0 Å². The van der Waals surface area contributed by atoms with E-state index in [1.807, 2.05) is 36.4 Å². The Morgan fingerprint density at radius 1 is 1.25 bits per heavy atom. The number of likely N-dealkylation sites (tertiary alicyclic amines) is 1. The Morgan fingerprint density at radius 2 is 2.00 bits per heavy atom. The average Bonchev–Trinajstić information content (AvgIpc) is 3.29. The van der Waals surface area contributed by atoms with Crippen LogP contribution in [0.5, 0.6) is 5.75 Å². The van der Waals surface area contributed by atoms with Crippen molar-refractivity contribution in [3.63, 3.8) is 0 Å². The van der Waals surface area contributed by atoms with Gasteiger partial charge in [-0.3, -0.25) is 9.69 Å². The summed E-state index contributed by atoms with van der Waals surface area (Å²) < 4.78 is 12.0. The van der Waals surface area contributed by atoms with Gasteiger partial charge in [0.05, 0.1) is 12.3 Å². The van der Waals surface area contributed by atoms with Gasteiger partial charge in [0.1, 0.15) is 11.5 Å². The summed E-state index contributed by atoms with van der Waals surface area (Å²) in [6.45, 7) is 2.61. The van der Waals surface area contributed by atoms with Gasteiger partial charge in [-0.05, 0) is 62.3 Å². The predicted octanol–water partition coefficient (Wildman–Crippen LogP) is 3.37. The zero-order valence-corrected chi connectivity index (χ0v) is 15.0. The summed E-state index contributed by atoms with van der Waals surface area (Å²) in [6.07, 6.45) is 4.06. The summed E-state index contributed by atoms with van der Waals surface area (Å²) in [5, 5.41) is 2.95. The zero-order chi connectivity index (χ0) is 16.8. The second-order valence-corrected chi connectivity index (χ2v) is 6.74. The van der Waals surface area contributed by atoms with Crippen molar-refractivity contribution in [1.82, 2.24) is 10.2 Å². The van der Waals surface area contributed by atoms with Gasteiger partial charge in [0, 0.05) is 11.0 Å². The molecule has 3 rings (SSSR count). The van der Waals surface area contributed by atoms with Crippen molar-refractivity contribution in [2.24, 2.45) is 0 Å². The highest BCUT2D eigenvalue weighted by Crippen LogP contribution is 2.24. The Labute approximate surface area is 150 Å². The molecule has 128 valence electrons. The Kier molecular flexibility index (Phi) is 5.93. The monoisotopic (exact) mass is 392 g/mol. The lowest BCUT2D eigenvalue weighted by Crippen LogP contribution is -2.38. The van der Waals surface area contributed by atoms with E-state index in [4.69, 9.17) is 9.15 Å². The molecule has 1 fully saturated rings. The topological polar surface area (TPSA) is 54.7 Å². The maximum Gasteiger partial charge on any atom is 0.258 e. The number of carbonyl (C=O) groups is 1. The molecule has 1 aromatic heterocycles. The SMILES string of the molecule is O=C(COc1ccc(Br)cc1)NC[C@H](c1ccco1)N1CCCC1. The van der Waals surface area contributed by atoms with E-state index in [2.05, 4.69) is 26.1 Å². The largest absolute Gasteiger partial charge is 0.484 e. The van der Waals surface area contributed by atoms with E-state index < -0.39 is 0 Å². The van der Waals surface area contributed by atoms with E-state index in [0.717, 1.165) is 23.3 Å². The molecule has 0 saturated carbocycles. The number of halogens is 1. The number of nitrogens with zero attached hydrogens (tertiary/aromatic N) is 1. The van der Waals surface area contributed by atoms with Crippen LogP contribution in [0.3, 0.4) is 0 Å². The third-order valence-electron chi connectivity index (χ3n) is 4.13. The Hall–Kier alpha value is -1.79. The molecular formula is C18H21BrN2O3. The highest BCUT2D eigenvalue weighted by atomic mass is 79.9. The van der Waals surface area contributed by atoms with Crippen LogP contribution in [0.2, 0.25) is 0 Å².